The number of aliphatic carboxylic acids is 1. The summed E-state index contributed by atoms with van der Waals surface area (Å²) in [5.41, 5.74) is 3.67. The number of benzene rings is 1. The SMILES string of the molecule is CN(CC=C(C#C[Si](C)(C)C)c1ccc(C(F)(F)F)cc1)CC(=O)O. The van der Waals surface area contributed by atoms with Gasteiger partial charge in [0.25, 0.3) is 0 Å². The van der Waals surface area contributed by atoms with Crippen molar-refractivity contribution in [1.82, 2.24) is 4.90 Å². The molecular weight excluding hydrogens is 347 g/mol. The Hall–Kier alpha value is -2.04. The second-order valence-electron chi connectivity index (χ2n) is 6.78. The Morgan fingerprint density at radius 1 is 1.24 bits per heavy atom. The molecule has 0 aromatic heterocycles. The average Bonchev–Trinajstić information content (AvgIpc) is 2.44. The van der Waals surface area contributed by atoms with Gasteiger partial charge in [-0.1, -0.05) is 43.8 Å². The van der Waals surface area contributed by atoms with Gasteiger partial charge in [0.15, 0.2) is 0 Å². The molecule has 0 fully saturated rings. The van der Waals surface area contributed by atoms with Gasteiger partial charge in [-0.3, -0.25) is 9.69 Å². The molecule has 0 heterocycles. The Morgan fingerprint density at radius 3 is 2.24 bits per heavy atom. The number of carboxylic acids is 1. The molecule has 1 N–H and O–H groups in total. The molecule has 0 aliphatic carbocycles. The lowest BCUT2D eigenvalue weighted by Gasteiger charge is -2.12. The average molecular weight is 369 g/mol. The molecule has 0 saturated heterocycles. The van der Waals surface area contributed by atoms with Gasteiger partial charge < -0.3 is 5.11 Å². The van der Waals surface area contributed by atoms with Gasteiger partial charge in [0.2, 0.25) is 0 Å². The van der Waals surface area contributed by atoms with E-state index in [2.05, 4.69) is 31.1 Å². The van der Waals surface area contributed by atoms with Crippen molar-refractivity contribution < 1.29 is 23.1 Å². The molecule has 0 spiro atoms. The van der Waals surface area contributed by atoms with Crippen molar-refractivity contribution in [3.05, 3.63) is 41.5 Å². The first kappa shape index (κ1) is 21.0. The van der Waals surface area contributed by atoms with Crippen LogP contribution in [0.1, 0.15) is 11.1 Å². The summed E-state index contributed by atoms with van der Waals surface area (Å²) in [5.74, 6) is 2.12. The maximum absolute atomic E-state index is 12.7. The lowest BCUT2D eigenvalue weighted by atomic mass is 10.0. The molecule has 136 valence electrons. The van der Waals surface area contributed by atoms with Gasteiger partial charge in [-0.2, -0.15) is 13.2 Å². The normalized spacial score (nSPS) is 12.7. The maximum atomic E-state index is 12.7. The number of hydrogen-bond donors (Lipinski definition) is 1. The first-order valence-electron chi connectivity index (χ1n) is 7.70. The van der Waals surface area contributed by atoms with E-state index in [1.807, 2.05) is 0 Å². The minimum Gasteiger partial charge on any atom is -0.480 e. The van der Waals surface area contributed by atoms with Crippen molar-refractivity contribution in [1.29, 1.82) is 0 Å². The zero-order valence-corrected chi connectivity index (χ0v) is 15.7. The van der Waals surface area contributed by atoms with E-state index >= 15 is 0 Å². The highest BCUT2D eigenvalue weighted by Crippen LogP contribution is 2.30. The van der Waals surface area contributed by atoms with E-state index in [1.54, 1.807) is 18.0 Å². The summed E-state index contributed by atoms with van der Waals surface area (Å²) in [6, 6.07) is 4.84. The fraction of sp³-hybridized carbons (Fsp3) is 0.389. The molecule has 0 unspecified atom stereocenters. The van der Waals surface area contributed by atoms with Crippen LogP contribution >= 0.6 is 0 Å². The molecule has 3 nitrogen and oxygen atoms in total. The van der Waals surface area contributed by atoms with Crippen molar-refractivity contribution in [2.45, 2.75) is 25.8 Å². The number of rotatable bonds is 5. The highest BCUT2D eigenvalue weighted by molar-refractivity contribution is 6.84. The van der Waals surface area contributed by atoms with Gasteiger partial charge in [-0.05, 0) is 24.7 Å². The highest BCUT2D eigenvalue weighted by Gasteiger charge is 2.30. The van der Waals surface area contributed by atoms with Crippen LogP contribution < -0.4 is 0 Å². The van der Waals surface area contributed by atoms with Gasteiger partial charge in [-0.15, -0.1) is 5.54 Å². The second kappa shape index (κ2) is 8.36. The van der Waals surface area contributed by atoms with Crippen LogP contribution in [0.25, 0.3) is 5.57 Å². The number of carbonyl (C=O) groups is 1. The summed E-state index contributed by atoms with van der Waals surface area (Å²) in [5, 5.41) is 8.79. The largest absolute Gasteiger partial charge is 0.480 e. The quantitative estimate of drug-likeness (QED) is 0.630. The van der Waals surface area contributed by atoms with E-state index in [4.69, 9.17) is 5.11 Å². The summed E-state index contributed by atoms with van der Waals surface area (Å²) in [7, 11) is -0.0121. The molecular formula is C18H22F3NO2Si. The van der Waals surface area contributed by atoms with E-state index < -0.39 is 25.8 Å². The Kier molecular flexibility index (Phi) is 7.03. The van der Waals surface area contributed by atoms with E-state index in [1.165, 1.54) is 12.1 Å². The number of halogens is 3. The molecule has 0 aliphatic heterocycles. The summed E-state index contributed by atoms with van der Waals surface area (Å²) in [4.78, 5) is 12.3. The number of hydrogen-bond acceptors (Lipinski definition) is 2. The third-order valence-corrected chi connectivity index (χ3v) is 3.98. The molecule has 1 aromatic carbocycles. The van der Waals surface area contributed by atoms with Crippen molar-refractivity contribution in [3.63, 3.8) is 0 Å². The van der Waals surface area contributed by atoms with Crippen LogP contribution in [0.15, 0.2) is 30.3 Å². The summed E-state index contributed by atoms with van der Waals surface area (Å²) in [6.45, 7) is 6.42. The van der Waals surface area contributed by atoms with Gasteiger partial charge >= 0.3 is 12.1 Å². The minimum absolute atomic E-state index is 0.127. The van der Waals surface area contributed by atoms with Crippen LogP contribution in [-0.4, -0.2) is 44.2 Å². The van der Waals surface area contributed by atoms with Gasteiger partial charge in [0.05, 0.1) is 12.1 Å². The van der Waals surface area contributed by atoms with Crippen LogP contribution in [0.5, 0.6) is 0 Å². The molecule has 7 heteroatoms. The highest BCUT2D eigenvalue weighted by atomic mass is 28.3. The topological polar surface area (TPSA) is 40.5 Å². The van der Waals surface area contributed by atoms with Crippen molar-refractivity contribution >= 4 is 19.6 Å². The molecule has 0 radical (unpaired) electrons. The number of allylic oxidation sites excluding steroid dienone is 1. The molecule has 25 heavy (non-hydrogen) atoms. The fourth-order valence-electron chi connectivity index (χ4n) is 1.88. The van der Waals surface area contributed by atoms with E-state index in [9.17, 15) is 18.0 Å². The zero-order chi connectivity index (χ0) is 19.3. The Labute approximate surface area is 147 Å². The number of nitrogens with zero attached hydrogens (tertiary/aromatic N) is 1. The van der Waals surface area contributed by atoms with Crippen molar-refractivity contribution in [2.75, 3.05) is 20.1 Å². The monoisotopic (exact) mass is 369 g/mol. The minimum atomic E-state index is -4.38. The van der Waals surface area contributed by atoms with Gasteiger partial charge in [0, 0.05) is 12.1 Å². The number of likely N-dealkylation sites (N-methyl/N-ethyl adjacent to an activating group) is 1. The smallest absolute Gasteiger partial charge is 0.416 e. The summed E-state index contributed by atoms with van der Waals surface area (Å²) in [6.07, 6.45) is -2.63. The van der Waals surface area contributed by atoms with E-state index in [-0.39, 0.29) is 6.54 Å². The lowest BCUT2D eigenvalue weighted by molar-refractivity contribution is -0.138. The molecule has 0 amide bonds. The van der Waals surface area contributed by atoms with Crippen LogP contribution in [0.4, 0.5) is 13.2 Å². The van der Waals surface area contributed by atoms with Gasteiger partial charge in [0.1, 0.15) is 8.07 Å². The molecule has 1 aromatic rings. The molecule has 0 atom stereocenters. The van der Waals surface area contributed by atoms with E-state index in [0.717, 1.165) is 12.1 Å². The fourth-order valence-corrected chi connectivity index (χ4v) is 2.39. The first-order chi connectivity index (χ1) is 11.4. The molecule has 0 aliphatic rings. The Bertz CT molecular complexity index is 692. The lowest BCUT2D eigenvalue weighted by Crippen LogP contribution is -2.25. The van der Waals surface area contributed by atoms with Crippen LogP contribution in [0.2, 0.25) is 19.6 Å². The van der Waals surface area contributed by atoms with Crippen LogP contribution in [-0.2, 0) is 11.0 Å². The van der Waals surface area contributed by atoms with Gasteiger partial charge in [-0.25, -0.2) is 0 Å². The molecule has 1 rings (SSSR count). The van der Waals surface area contributed by atoms with Crippen molar-refractivity contribution in [3.8, 4) is 11.5 Å². The second-order valence-corrected chi connectivity index (χ2v) is 11.5. The summed E-state index contributed by atoms with van der Waals surface area (Å²) < 4.78 is 38.1. The summed E-state index contributed by atoms with van der Waals surface area (Å²) >= 11 is 0. The number of carboxylic acid groups (broad SMARTS) is 1. The zero-order valence-electron chi connectivity index (χ0n) is 14.7. The Morgan fingerprint density at radius 2 is 1.80 bits per heavy atom. The number of alkyl halides is 3. The maximum Gasteiger partial charge on any atom is 0.416 e. The van der Waals surface area contributed by atoms with Crippen LogP contribution in [0, 0.1) is 11.5 Å². The third kappa shape index (κ3) is 8.05. The first-order valence-corrected chi connectivity index (χ1v) is 11.2. The van der Waals surface area contributed by atoms with Crippen molar-refractivity contribution in [2.24, 2.45) is 0 Å². The third-order valence-electron chi connectivity index (χ3n) is 3.11. The molecule has 0 bridgehead atoms. The van der Waals surface area contributed by atoms with E-state index in [0.29, 0.717) is 17.7 Å². The standard InChI is InChI=1S/C18H22F3NO2Si/c1-22(13-17(23)24)11-9-15(10-12-25(2,3)4)14-5-7-16(8-6-14)18(19,20)21/h5-9H,11,13H2,1-4H3,(H,23,24). The molecule has 0 saturated carbocycles. The predicted molar refractivity (Wildman–Crippen MR) is 95.7 cm³/mol. The van der Waals surface area contributed by atoms with Crippen LogP contribution in [0.3, 0.4) is 0 Å². The Balaban J connectivity index is 3.13. The predicted octanol–water partition coefficient (Wildman–Crippen LogP) is 3.99.